The van der Waals surface area contributed by atoms with Crippen molar-refractivity contribution < 1.29 is 14.4 Å². The summed E-state index contributed by atoms with van der Waals surface area (Å²) >= 11 is 0. The zero-order chi connectivity index (χ0) is 7.72. The van der Waals surface area contributed by atoms with E-state index in [1.54, 1.807) is 6.92 Å². The Labute approximate surface area is 58.7 Å². The summed E-state index contributed by atoms with van der Waals surface area (Å²) in [7, 11) is 1.44. The summed E-state index contributed by atoms with van der Waals surface area (Å²) in [6.07, 6.45) is 0.0265. The fourth-order valence-corrected chi connectivity index (χ4v) is 0.879. The molecule has 1 saturated heterocycles. The Morgan fingerprint density at radius 2 is 2.20 bits per heavy atom. The van der Waals surface area contributed by atoms with Crippen LogP contribution in [0.25, 0.3) is 0 Å². The summed E-state index contributed by atoms with van der Waals surface area (Å²) in [5.41, 5.74) is 0. The minimum Gasteiger partial charge on any atom is -0.289 e. The van der Waals surface area contributed by atoms with E-state index in [0.29, 0.717) is 0 Å². The van der Waals surface area contributed by atoms with Crippen LogP contribution < -0.4 is 0 Å². The first-order valence-corrected chi connectivity index (χ1v) is 3.09. The summed E-state index contributed by atoms with van der Waals surface area (Å²) < 4.78 is 0. The maximum absolute atomic E-state index is 10.7. The largest absolute Gasteiger partial charge is 0.313 e. The first kappa shape index (κ1) is 7.21. The van der Waals surface area contributed by atoms with Gasteiger partial charge in [-0.1, -0.05) is 0 Å². The van der Waals surface area contributed by atoms with Crippen molar-refractivity contribution in [3.8, 4) is 0 Å². The topological polar surface area (TPSA) is 46.6 Å². The molecule has 0 radical (unpaired) electrons. The molecule has 1 amide bonds. The first-order valence-electron chi connectivity index (χ1n) is 3.09. The van der Waals surface area contributed by atoms with E-state index in [-0.39, 0.29) is 18.3 Å². The fourth-order valence-electron chi connectivity index (χ4n) is 0.879. The summed E-state index contributed by atoms with van der Waals surface area (Å²) in [6, 6.07) is 0. The molecule has 1 unspecified atom stereocenters. The van der Waals surface area contributed by atoms with Crippen LogP contribution in [0.4, 0.5) is 0 Å². The standard InChI is InChI=1S/C6H9NO3/c1-4-3-5(8)6(9)7(2)10-4/h4H,3H2,1-2H3. The molecule has 0 N–H and O–H groups in total. The molecule has 0 aromatic heterocycles. The third-order valence-corrected chi connectivity index (χ3v) is 1.34. The lowest BCUT2D eigenvalue weighted by molar-refractivity contribution is -0.207. The van der Waals surface area contributed by atoms with Gasteiger partial charge in [0.05, 0.1) is 6.10 Å². The number of nitrogens with zero attached hydrogens (tertiary/aromatic N) is 1. The first-order chi connectivity index (χ1) is 4.61. The molecule has 1 atom stereocenters. The molecule has 1 rings (SSSR count). The minimum absolute atomic E-state index is 0.171. The van der Waals surface area contributed by atoms with Crippen molar-refractivity contribution in [1.29, 1.82) is 0 Å². The van der Waals surface area contributed by atoms with Crippen LogP contribution >= 0.6 is 0 Å². The Balaban J connectivity index is 2.66. The second-order valence-corrected chi connectivity index (χ2v) is 2.35. The van der Waals surface area contributed by atoms with E-state index in [0.717, 1.165) is 5.06 Å². The zero-order valence-corrected chi connectivity index (χ0v) is 5.96. The van der Waals surface area contributed by atoms with Gasteiger partial charge in [0.15, 0.2) is 0 Å². The van der Waals surface area contributed by atoms with Gasteiger partial charge in [0, 0.05) is 13.5 Å². The molecule has 0 spiro atoms. The van der Waals surface area contributed by atoms with Crippen LogP contribution in [-0.4, -0.2) is 29.9 Å². The van der Waals surface area contributed by atoms with E-state index in [9.17, 15) is 9.59 Å². The lowest BCUT2D eigenvalue weighted by Crippen LogP contribution is -2.42. The average molecular weight is 143 g/mol. The molecule has 1 fully saturated rings. The third-order valence-electron chi connectivity index (χ3n) is 1.34. The van der Waals surface area contributed by atoms with E-state index < -0.39 is 5.91 Å². The number of hydrogen-bond acceptors (Lipinski definition) is 3. The Morgan fingerprint density at radius 1 is 1.60 bits per heavy atom. The molecule has 1 heterocycles. The van der Waals surface area contributed by atoms with E-state index >= 15 is 0 Å². The smallest absolute Gasteiger partial charge is 0.289 e. The van der Waals surface area contributed by atoms with Gasteiger partial charge in [-0.3, -0.25) is 14.4 Å². The Bertz CT molecular complexity index is 178. The minimum atomic E-state index is -0.557. The van der Waals surface area contributed by atoms with Gasteiger partial charge in [-0.15, -0.1) is 0 Å². The van der Waals surface area contributed by atoms with Crippen LogP contribution in [0.3, 0.4) is 0 Å². The van der Waals surface area contributed by atoms with Crippen molar-refractivity contribution in [3.05, 3.63) is 0 Å². The number of amides is 1. The number of likely N-dealkylation sites (N-methyl/N-ethyl adjacent to an activating group) is 1. The zero-order valence-electron chi connectivity index (χ0n) is 5.96. The number of hydroxylamine groups is 2. The van der Waals surface area contributed by atoms with Crippen LogP contribution in [0.2, 0.25) is 0 Å². The van der Waals surface area contributed by atoms with Crippen molar-refractivity contribution in [2.24, 2.45) is 0 Å². The third kappa shape index (κ3) is 1.16. The predicted molar refractivity (Wildman–Crippen MR) is 32.9 cm³/mol. The van der Waals surface area contributed by atoms with Crippen LogP contribution in [0.5, 0.6) is 0 Å². The van der Waals surface area contributed by atoms with Gasteiger partial charge in [0.1, 0.15) is 0 Å². The monoisotopic (exact) mass is 143 g/mol. The molecule has 0 aromatic carbocycles. The Kier molecular flexibility index (Phi) is 1.72. The maximum Gasteiger partial charge on any atom is 0.313 e. The molecule has 0 aromatic rings. The molecule has 1 aliphatic rings. The molecular weight excluding hydrogens is 134 g/mol. The Morgan fingerprint density at radius 3 is 2.70 bits per heavy atom. The van der Waals surface area contributed by atoms with Crippen LogP contribution in [-0.2, 0) is 14.4 Å². The lowest BCUT2D eigenvalue weighted by atomic mass is 10.2. The van der Waals surface area contributed by atoms with Crippen molar-refractivity contribution in [2.45, 2.75) is 19.4 Å². The Hall–Kier alpha value is -0.900. The molecule has 0 bridgehead atoms. The molecule has 56 valence electrons. The SMILES string of the molecule is CC1CC(=O)C(=O)N(C)O1. The normalized spacial score (nSPS) is 27.4. The molecular formula is C6H9NO3. The number of rotatable bonds is 0. The van der Waals surface area contributed by atoms with Gasteiger partial charge >= 0.3 is 5.91 Å². The van der Waals surface area contributed by atoms with Crippen molar-refractivity contribution in [2.75, 3.05) is 7.05 Å². The molecule has 10 heavy (non-hydrogen) atoms. The number of Topliss-reactive ketones (excluding diaryl/α,β-unsaturated/α-hetero) is 1. The summed E-state index contributed by atoms with van der Waals surface area (Å²) in [5.74, 6) is -0.931. The van der Waals surface area contributed by atoms with Crippen LogP contribution in [0.15, 0.2) is 0 Å². The highest BCUT2D eigenvalue weighted by atomic mass is 16.7. The molecule has 4 heteroatoms. The second-order valence-electron chi connectivity index (χ2n) is 2.35. The predicted octanol–water partition coefficient (Wildman–Crippen LogP) is -0.262. The molecule has 4 nitrogen and oxygen atoms in total. The van der Waals surface area contributed by atoms with E-state index in [4.69, 9.17) is 4.84 Å². The maximum atomic E-state index is 10.7. The summed E-state index contributed by atoms with van der Waals surface area (Å²) in [5, 5.41) is 0.983. The van der Waals surface area contributed by atoms with Gasteiger partial charge < -0.3 is 0 Å². The number of carbonyl (C=O) groups excluding carboxylic acids is 2. The van der Waals surface area contributed by atoms with Gasteiger partial charge in [-0.2, -0.15) is 0 Å². The van der Waals surface area contributed by atoms with Gasteiger partial charge in [-0.05, 0) is 6.92 Å². The van der Waals surface area contributed by atoms with Crippen LogP contribution in [0.1, 0.15) is 13.3 Å². The molecule has 1 aliphatic heterocycles. The number of carbonyl (C=O) groups is 2. The highest BCUT2D eigenvalue weighted by Crippen LogP contribution is 2.08. The van der Waals surface area contributed by atoms with Crippen molar-refractivity contribution >= 4 is 11.7 Å². The van der Waals surface area contributed by atoms with E-state index in [1.165, 1.54) is 7.05 Å². The fraction of sp³-hybridized carbons (Fsp3) is 0.667. The highest BCUT2D eigenvalue weighted by Gasteiger charge is 2.28. The average Bonchev–Trinajstić information content (AvgIpc) is 1.82. The van der Waals surface area contributed by atoms with Crippen LogP contribution in [0, 0.1) is 0 Å². The number of hydrogen-bond donors (Lipinski definition) is 0. The van der Waals surface area contributed by atoms with Crippen molar-refractivity contribution in [3.63, 3.8) is 0 Å². The summed E-state index contributed by atoms with van der Waals surface area (Å²) in [6.45, 7) is 1.75. The van der Waals surface area contributed by atoms with E-state index in [1.807, 2.05) is 0 Å². The lowest BCUT2D eigenvalue weighted by Gasteiger charge is -2.25. The molecule has 0 aliphatic carbocycles. The highest BCUT2D eigenvalue weighted by molar-refractivity contribution is 6.36. The van der Waals surface area contributed by atoms with Gasteiger partial charge in [0.25, 0.3) is 0 Å². The molecule has 0 saturated carbocycles. The summed E-state index contributed by atoms with van der Waals surface area (Å²) in [4.78, 5) is 26.4. The van der Waals surface area contributed by atoms with Crippen molar-refractivity contribution in [1.82, 2.24) is 5.06 Å². The quantitative estimate of drug-likeness (QED) is 0.439. The second kappa shape index (κ2) is 2.38. The van der Waals surface area contributed by atoms with E-state index in [2.05, 4.69) is 0 Å². The van der Waals surface area contributed by atoms with Gasteiger partial charge in [0.2, 0.25) is 5.78 Å². The van der Waals surface area contributed by atoms with Gasteiger partial charge in [-0.25, -0.2) is 5.06 Å². The number of ketones is 1.